The van der Waals surface area contributed by atoms with E-state index in [-0.39, 0.29) is 0 Å². The fourth-order valence-electron chi connectivity index (χ4n) is 4.44. The molecule has 0 N–H and O–H groups in total. The molecule has 0 aliphatic carbocycles. The first-order chi connectivity index (χ1) is 12.3. The molecule has 25 heavy (non-hydrogen) atoms. The average Bonchev–Trinajstić information content (AvgIpc) is 2.89. The van der Waals surface area contributed by atoms with Gasteiger partial charge in [-0.05, 0) is 19.9 Å². The summed E-state index contributed by atoms with van der Waals surface area (Å²) in [7, 11) is 2.19. The minimum absolute atomic E-state index is 0.466. The Kier molecular flexibility index (Phi) is 3.71. The molecule has 5 heteroatoms. The summed E-state index contributed by atoms with van der Waals surface area (Å²) in [4.78, 5) is 15.0. The van der Waals surface area contributed by atoms with Crippen LogP contribution in [0.15, 0.2) is 30.3 Å². The Hall–Kier alpha value is -1.98. The van der Waals surface area contributed by atoms with Gasteiger partial charge in [0.05, 0.1) is 31.0 Å². The fourth-order valence-corrected chi connectivity index (χ4v) is 4.44. The number of hydrogen-bond acceptors (Lipinski definition) is 5. The number of morpholine rings is 1. The van der Waals surface area contributed by atoms with Crippen LogP contribution in [0.5, 0.6) is 0 Å². The number of aromatic nitrogens is 2. The third kappa shape index (κ3) is 2.62. The van der Waals surface area contributed by atoms with Crippen LogP contribution in [0, 0.1) is 0 Å². The predicted octanol–water partition coefficient (Wildman–Crippen LogP) is 2.50. The standard InChI is InChI=1S/C20H24N4O/c1-23-10-9-18-17(11-23)20(24-15-7-8-16(24)13-25-12-15)22-19(21-18)14-5-3-2-4-6-14/h2-6,15-16H,7-13H2,1H3. The first-order valence-electron chi connectivity index (χ1n) is 9.29. The molecule has 5 rings (SSSR count). The highest BCUT2D eigenvalue weighted by atomic mass is 16.5. The van der Waals surface area contributed by atoms with Gasteiger partial charge in [-0.3, -0.25) is 0 Å². The molecule has 2 fully saturated rings. The summed E-state index contributed by atoms with van der Waals surface area (Å²) in [6, 6.07) is 11.3. The van der Waals surface area contributed by atoms with Crippen molar-refractivity contribution in [2.45, 2.75) is 37.9 Å². The number of hydrogen-bond donors (Lipinski definition) is 0. The third-order valence-electron chi connectivity index (χ3n) is 5.75. The summed E-state index contributed by atoms with van der Waals surface area (Å²) in [6.07, 6.45) is 3.42. The molecule has 2 atom stereocenters. The van der Waals surface area contributed by atoms with Crippen LogP contribution >= 0.6 is 0 Å². The first kappa shape index (κ1) is 15.3. The zero-order valence-electron chi connectivity index (χ0n) is 14.7. The maximum Gasteiger partial charge on any atom is 0.161 e. The number of likely N-dealkylation sites (N-methyl/N-ethyl adjacent to an activating group) is 1. The molecular weight excluding hydrogens is 312 g/mol. The van der Waals surface area contributed by atoms with Gasteiger partial charge >= 0.3 is 0 Å². The Bertz CT molecular complexity index is 763. The van der Waals surface area contributed by atoms with Crippen molar-refractivity contribution in [1.82, 2.24) is 14.9 Å². The number of fused-ring (bicyclic) bond motifs is 3. The van der Waals surface area contributed by atoms with Gasteiger partial charge in [-0.25, -0.2) is 9.97 Å². The summed E-state index contributed by atoms with van der Waals surface area (Å²) >= 11 is 0. The molecule has 0 amide bonds. The van der Waals surface area contributed by atoms with E-state index in [1.165, 1.54) is 24.1 Å². The van der Waals surface area contributed by atoms with E-state index in [4.69, 9.17) is 14.7 Å². The maximum absolute atomic E-state index is 5.79. The van der Waals surface area contributed by atoms with E-state index in [1.54, 1.807) is 0 Å². The van der Waals surface area contributed by atoms with Gasteiger partial charge in [0.1, 0.15) is 5.82 Å². The molecule has 2 bridgehead atoms. The Balaban J connectivity index is 1.65. The van der Waals surface area contributed by atoms with E-state index in [0.29, 0.717) is 12.1 Å². The van der Waals surface area contributed by atoms with Crippen LogP contribution in [0.3, 0.4) is 0 Å². The predicted molar refractivity (Wildman–Crippen MR) is 97.6 cm³/mol. The van der Waals surface area contributed by atoms with Gasteiger partial charge in [0, 0.05) is 30.6 Å². The van der Waals surface area contributed by atoms with E-state index in [1.807, 2.05) is 6.07 Å². The topological polar surface area (TPSA) is 41.5 Å². The lowest BCUT2D eigenvalue weighted by Gasteiger charge is -2.38. The molecule has 1 aromatic carbocycles. The normalized spacial score (nSPS) is 25.9. The molecule has 4 heterocycles. The van der Waals surface area contributed by atoms with Crippen LogP contribution in [0.25, 0.3) is 11.4 Å². The van der Waals surface area contributed by atoms with Crippen molar-refractivity contribution < 1.29 is 4.74 Å². The average molecular weight is 336 g/mol. The maximum atomic E-state index is 5.79. The summed E-state index contributed by atoms with van der Waals surface area (Å²) in [5.74, 6) is 2.02. The highest BCUT2D eigenvalue weighted by Gasteiger charge is 2.40. The second kappa shape index (κ2) is 6.07. The Morgan fingerprint density at radius 2 is 1.80 bits per heavy atom. The molecule has 2 saturated heterocycles. The summed E-state index contributed by atoms with van der Waals surface area (Å²) in [6.45, 7) is 3.65. The van der Waals surface area contributed by atoms with Crippen molar-refractivity contribution in [3.8, 4) is 11.4 Å². The molecule has 3 aliphatic rings. The van der Waals surface area contributed by atoms with E-state index in [9.17, 15) is 0 Å². The van der Waals surface area contributed by atoms with Crippen LogP contribution in [-0.2, 0) is 17.7 Å². The molecule has 3 aliphatic heterocycles. The monoisotopic (exact) mass is 336 g/mol. The zero-order valence-corrected chi connectivity index (χ0v) is 14.7. The Morgan fingerprint density at radius 1 is 1.04 bits per heavy atom. The molecule has 2 unspecified atom stereocenters. The van der Waals surface area contributed by atoms with E-state index in [0.717, 1.165) is 49.9 Å². The van der Waals surface area contributed by atoms with Crippen molar-refractivity contribution in [1.29, 1.82) is 0 Å². The van der Waals surface area contributed by atoms with Crippen molar-refractivity contribution >= 4 is 5.82 Å². The molecular formula is C20H24N4O. The lowest BCUT2D eigenvalue weighted by Crippen LogP contribution is -2.47. The van der Waals surface area contributed by atoms with Gasteiger partial charge in [0.2, 0.25) is 0 Å². The van der Waals surface area contributed by atoms with Crippen LogP contribution in [-0.4, -0.2) is 53.8 Å². The lowest BCUT2D eigenvalue weighted by molar-refractivity contribution is 0.0899. The van der Waals surface area contributed by atoms with E-state index in [2.05, 4.69) is 41.1 Å². The van der Waals surface area contributed by atoms with Crippen molar-refractivity contribution in [3.63, 3.8) is 0 Å². The first-order valence-corrected chi connectivity index (χ1v) is 9.29. The summed E-state index contributed by atoms with van der Waals surface area (Å²) in [5, 5.41) is 0. The van der Waals surface area contributed by atoms with Gasteiger partial charge in [-0.2, -0.15) is 0 Å². The van der Waals surface area contributed by atoms with Gasteiger partial charge < -0.3 is 14.5 Å². The zero-order chi connectivity index (χ0) is 16.8. The number of nitrogens with zero attached hydrogens (tertiary/aromatic N) is 4. The van der Waals surface area contributed by atoms with Gasteiger partial charge in [-0.1, -0.05) is 30.3 Å². The molecule has 0 radical (unpaired) electrons. The molecule has 0 saturated carbocycles. The smallest absolute Gasteiger partial charge is 0.161 e. The summed E-state index contributed by atoms with van der Waals surface area (Å²) in [5.41, 5.74) is 3.66. The number of rotatable bonds is 2. The Labute approximate surface area is 148 Å². The minimum atomic E-state index is 0.466. The van der Waals surface area contributed by atoms with Crippen LogP contribution in [0.2, 0.25) is 0 Å². The third-order valence-corrected chi connectivity index (χ3v) is 5.75. The SMILES string of the molecule is CN1CCc2nc(-c3ccccc3)nc(N3C4CCC3COC4)c2C1. The Morgan fingerprint density at radius 3 is 2.56 bits per heavy atom. The van der Waals surface area contributed by atoms with E-state index >= 15 is 0 Å². The van der Waals surface area contributed by atoms with Crippen LogP contribution in [0.4, 0.5) is 5.82 Å². The fraction of sp³-hybridized carbons (Fsp3) is 0.500. The largest absolute Gasteiger partial charge is 0.377 e. The molecule has 0 spiro atoms. The number of anilines is 1. The quantitative estimate of drug-likeness (QED) is 0.843. The second-order valence-electron chi connectivity index (χ2n) is 7.48. The van der Waals surface area contributed by atoms with Crippen molar-refractivity contribution in [2.24, 2.45) is 0 Å². The molecule has 2 aromatic rings. The highest BCUT2D eigenvalue weighted by molar-refractivity contribution is 5.62. The van der Waals surface area contributed by atoms with Crippen LogP contribution in [0.1, 0.15) is 24.1 Å². The molecule has 130 valence electrons. The highest BCUT2D eigenvalue weighted by Crippen LogP contribution is 2.37. The number of ether oxygens (including phenoxy) is 1. The lowest BCUT2D eigenvalue weighted by atomic mass is 10.0. The van der Waals surface area contributed by atoms with Gasteiger partial charge in [-0.15, -0.1) is 0 Å². The van der Waals surface area contributed by atoms with Gasteiger partial charge in [0.25, 0.3) is 0 Å². The van der Waals surface area contributed by atoms with Crippen molar-refractivity contribution in [2.75, 3.05) is 31.7 Å². The minimum Gasteiger partial charge on any atom is -0.377 e. The number of benzene rings is 1. The van der Waals surface area contributed by atoms with Crippen LogP contribution < -0.4 is 4.90 Å². The van der Waals surface area contributed by atoms with E-state index < -0.39 is 0 Å². The van der Waals surface area contributed by atoms with Gasteiger partial charge in [0.15, 0.2) is 5.82 Å². The molecule has 5 nitrogen and oxygen atoms in total. The van der Waals surface area contributed by atoms with Crippen molar-refractivity contribution in [3.05, 3.63) is 41.6 Å². The molecule has 1 aromatic heterocycles. The summed E-state index contributed by atoms with van der Waals surface area (Å²) < 4.78 is 5.79. The second-order valence-corrected chi connectivity index (χ2v) is 7.48.